The third-order valence-electron chi connectivity index (χ3n) is 6.64. The van der Waals surface area contributed by atoms with Gasteiger partial charge in [0, 0.05) is 19.1 Å². The van der Waals surface area contributed by atoms with Crippen molar-refractivity contribution in [3.63, 3.8) is 0 Å². The van der Waals surface area contributed by atoms with Crippen LogP contribution in [0.25, 0.3) is 0 Å². The third-order valence-corrected chi connectivity index (χ3v) is 6.64. The number of aliphatic hydroxyl groups is 1. The van der Waals surface area contributed by atoms with Crippen LogP contribution in [0.2, 0.25) is 0 Å². The summed E-state index contributed by atoms with van der Waals surface area (Å²) in [7, 11) is 1.43. The smallest absolute Gasteiger partial charge is 0.227 e. The number of aliphatic hydroxyl groups excluding tert-OH is 1. The van der Waals surface area contributed by atoms with Gasteiger partial charge >= 0.3 is 0 Å². The van der Waals surface area contributed by atoms with Gasteiger partial charge in [-0.15, -0.1) is 0 Å². The molecule has 3 fully saturated rings. The standard InChI is InChI=1S/C21H29FN2O3/c1-27-20-5-4-14(8-17(20)22)9-21(26)24-12-15-10-18(23-6-2-3-7-23)19(25)11-16(15)13-24/h4-5,8,15-16,18-19,25H,2-3,6-7,9-13H2,1H3/t15-,16+,18-,19-/m1/s1. The van der Waals surface area contributed by atoms with Gasteiger partial charge in [-0.3, -0.25) is 9.69 Å². The van der Waals surface area contributed by atoms with E-state index in [9.17, 15) is 14.3 Å². The van der Waals surface area contributed by atoms with Crippen LogP contribution in [0.3, 0.4) is 0 Å². The lowest BCUT2D eigenvalue weighted by atomic mass is 9.77. The highest BCUT2D eigenvalue weighted by Crippen LogP contribution is 2.39. The van der Waals surface area contributed by atoms with Crippen molar-refractivity contribution in [2.45, 2.75) is 44.2 Å². The van der Waals surface area contributed by atoms with E-state index in [4.69, 9.17) is 4.74 Å². The van der Waals surface area contributed by atoms with E-state index < -0.39 is 5.82 Å². The summed E-state index contributed by atoms with van der Waals surface area (Å²) in [5.74, 6) is 0.655. The Bertz CT molecular complexity index is 692. The van der Waals surface area contributed by atoms with Crippen molar-refractivity contribution in [3.05, 3.63) is 29.6 Å². The van der Waals surface area contributed by atoms with Crippen molar-refractivity contribution in [2.24, 2.45) is 11.8 Å². The number of fused-ring (bicyclic) bond motifs is 1. The van der Waals surface area contributed by atoms with E-state index in [0.29, 0.717) is 23.9 Å². The molecule has 5 nitrogen and oxygen atoms in total. The first-order chi connectivity index (χ1) is 13.0. The number of ether oxygens (including phenoxy) is 1. The molecule has 2 heterocycles. The molecule has 1 aliphatic carbocycles. The second-order valence-electron chi connectivity index (χ2n) is 8.31. The molecule has 0 bridgehead atoms. The van der Waals surface area contributed by atoms with Crippen LogP contribution in [0.4, 0.5) is 4.39 Å². The molecule has 4 atom stereocenters. The van der Waals surface area contributed by atoms with Crippen molar-refractivity contribution in [1.29, 1.82) is 0 Å². The molecule has 0 spiro atoms. The Morgan fingerprint density at radius 2 is 1.93 bits per heavy atom. The lowest BCUT2D eigenvalue weighted by Gasteiger charge is -2.40. The van der Waals surface area contributed by atoms with Crippen LogP contribution in [-0.4, -0.2) is 66.2 Å². The molecule has 0 radical (unpaired) electrons. The van der Waals surface area contributed by atoms with Gasteiger partial charge in [0.25, 0.3) is 0 Å². The Morgan fingerprint density at radius 1 is 1.22 bits per heavy atom. The minimum Gasteiger partial charge on any atom is -0.494 e. The van der Waals surface area contributed by atoms with E-state index in [0.717, 1.165) is 32.5 Å². The lowest BCUT2D eigenvalue weighted by Crippen LogP contribution is -2.48. The molecule has 148 valence electrons. The van der Waals surface area contributed by atoms with Crippen LogP contribution < -0.4 is 4.74 Å². The minimum atomic E-state index is -0.436. The average Bonchev–Trinajstić information content (AvgIpc) is 3.30. The molecule has 3 aliphatic rings. The van der Waals surface area contributed by atoms with Crippen LogP contribution in [0, 0.1) is 17.7 Å². The summed E-state index contributed by atoms with van der Waals surface area (Å²) in [6, 6.07) is 4.95. The van der Waals surface area contributed by atoms with Crippen LogP contribution in [0.1, 0.15) is 31.2 Å². The summed E-state index contributed by atoms with van der Waals surface area (Å²) in [6.07, 6.45) is 4.13. The van der Waals surface area contributed by atoms with Gasteiger partial charge < -0.3 is 14.7 Å². The number of carbonyl (C=O) groups is 1. The number of carbonyl (C=O) groups excluding carboxylic acids is 1. The van der Waals surface area contributed by atoms with E-state index in [1.54, 1.807) is 12.1 Å². The normalized spacial score (nSPS) is 31.1. The fourth-order valence-electron chi connectivity index (χ4n) is 5.18. The Hall–Kier alpha value is -1.66. The summed E-state index contributed by atoms with van der Waals surface area (Å²) in [6.45, 7) is 3.65. The van der Waals surface area contributed by atoms with E-state index in [2.05, 4.69) is 4.90 Å². The van der Waals surface area contributed by atoms with Gasteiger partial charge in [0.2, 0.25) is 5.91 Å². The number of hydrogen-bond donors (Lipinski definition) is 1. The molecular weight excluding hydrogens is 347 g/mol. The molecule has 1 amide bonds. The monoisotopic (exact) mass is 376 g/mol. The van der Waals surface area contributed by atoms with Gasteiger partial charge in [-0.05, 0) is 68.3 Å². The number of benzene rings is 1. The predicted molar refractivity (Wildman–Crippen MR) is 100 cm³/mol. The van der Waals surface area contributed by atoms with Gasteiger partial charge in [-0.2, -0.15) is 0 Å². The fraction of sp³-hybridized carbons (Fsp3) is 0.667. The van der Waals surface area contributed by atoms with Crippen LogP contribution in [0.5, 0.6) is 5.75 Å². The number of hydrogen-bond acceptors (Lipinski definition) is 4. The van der Waals surface area contributed by atoms with E-state index in [1.165, 1.54) is 26.0 Å². The summed E-state index contributed by atoms with van der Waals surface area (Å²) in [5, 5.41) is 10.6. The van der Waals surface area contributed by atoms with Crippen molar-refractivity contribution in [3.8, 4) is 5.75 Å². The Kier molecular flexibility index (Phi) is 5.37. The zero-order valence-corrected chi connectivity index (χ0v) is 15.9. The quantitative estimate of drug-likeness (QED) is 0.874. The van der Waals surface area contributed by atoms with Gasteiger partial charge in [0.05, 0.1) is 19.6 Å². The zero-order valence-electron chi connectivity index (χ0n) is 15.9. The molecule has 0 aromatic heterocycles. The van der Waals surface area contributed by atoms with Crippen molar-refractivity contribution >= 4 is 5.91 Å². The fourth-order valence-corrected chi connectivity index (χ4v) is 5.18. The second kappa shape index (κ2) is 7.76. The SMILES string of the molecule is COc1ccc(CC(=O)N2C[C@H]3C[C@@H](N4CCCC4)[C@H](O)C[C@H]3C2)cc1F. The number of methoxy groups -OCH3 is 1. The average molecular weight is 376 g/mol. The third kappa shape index (κ3) is 3.83. The predicted octanol–water partition coefficient (Wildman–Crippen LogP) is 2.07. The molecule has 2 saturated heterocycles. The Morgan fingerprint density at radius 3 is 2.59 bits per heavy atom. The topological polar surface area (TPSA) is 53.0 Å². The van der Waals surface area contributed by atoms with Gasteiger partial charge in [0.15, 0.2) is 11.6 Å². The zero-order chi connectivity index (χ0) is 19.0. The molecule has 6 heteroatoms. The maximum atomic E-state index is 13.9. The molecule has 1 saturated carbocycles. The number of nitrogens with zero attached hydrogens (tertiary/aromatic N) is 2. The number of rotatable bonds is 4. The van der Waals surface area contributed by atoms with Crippen LogP contribution in [-0.2, 0) is 11.2 Å². The van der Waals surface area contributed by atoms with Crippen LogP contribution >= 0.6 is 0 Å². The molecule has 4 rings (SSSR count). The van der Waals surface area contributed by atoms with Gasteiger partial charge in [0.1, 0.15) is 0 Å². The molecule has 0 unspecified atom stereocenters. The van der Waals surface area contributed by atoms with E-state index in [1.807, 2.05) is 4.90 Å². The maximum absolute atomic E-state index is 13.9. The maximum Gasteiger partial charge on any atom is 0.227 e. The van der Waals surface area contributed by atoms with Crippen molar-refractivity contribution < 1.29 is 19.0 Å². The first kappa shape index (κ1) is 18.7. The van der Waals surface area contributed by atoms with Crippen molar-refractivity contribution in [1.82, 2.24) is 9.80 Å². The summed E-state index contributed by atoms with van der Waals surface area (Å²) in [4.78, 5) is 17.1. The molecule has 1 aromatic rings. The molecule has 1 aromatic carbocycles. The summed E-state index contributed by atoms with van der Waals surface area (Å²) >= 11 is 0. The Balaban J connectivity index is 1.37. The van der Waals surface area contributed by atoms with Gasteiger partial charge in [-0.1, -0.05) is 6.07 Å². The molecular formula is C21H29FN2O3. The van der Waals surface area contributed by atoms with E-state index >= 15 is 0 Å². The number of likely N-dealkylation sites (tertiary alicyclic amines) is 2. The largest absolute Gasteiger partial charge is 0.494 e. The lowest BCUT2D eigenvalue weighted by molar-refractivity contribution is -0.129. The van der Waals surface area contributed by atoms with Crippen molar-refractivity contribution in [2.75, 3.05) is 33.3 Å². The van der Waals surface area contributed by atoms with Crippen LogP contribution in [0.15, 0.2) is 18.2 Å². The van der Waals surface area contributed by atoms with Gasteiger partial charge in [-0.25, -0.2) is 4.39 Å². The highest BCUT2D eigenvalue weighted by Gasteiger charge is 2.44. The summed E-state index contributed by atoms with van der Waals surface area (Å²) in [5.41, 5.74) is 0.670. The molecule has 2 aliphatic heterocycles. The minimum absolute atomic E-state index is 0.0428. The number of halogens is 1. The number of amides is 1. The Labute approximate surface area is 160 Å². The molecule has 1 N–H and O–H groups in total. The second-order valence-corrected chi connectivity index (χ2v) is 8.31. The first-order valence-electron chi connectivity index (χ1n) is 10.1. The highest BCUT2D eigenvalue weighted by molar-refractivity contribution is 5.79. The summed E-state index contributed by atoms with van der Waals surface area (Å²) < 4.78 is 18.8. The molecule has 27 heavy (non-hydrogen) atoms. The first-order valence-corrected chi connectivity index (χ1v) is 10.1. The highest BCUT2D eigenvalue weighted by atomic mass is 19.1. The van der Waals surface area contributed by atoms with E-state index in [-0.39, 0.29) is 30.2 Å².